The molecule has 0 atom stereocenters. The van der Waals surface area contributed by atoms with Gasteiger partial charge in [0.05, 0.1) is 12.7 Å². The van der Waals surface area contributed by atoms with E-state index in [1.807, 2.05) is 25.1 Å². The summed E-state index contributed by atoms with van der Waals surface area (Å²) in [5, 5.41) is 5.31. The molecule has 0 spiro atoms. The highest BCUT2D eigenvalue weighted by atomic mass is 19.1. The molecule has 1 aliphatic rings. The minimum Gasteiger partial charge on any atom is -0.496 e. The van der Waals surface area contributed by atoms with Crippen molar-refractivity contribution in [3.05, 3.63) is 71.1 Å². The predicted molar refractivity (Wildman–Crippen MR) is 178 cm³/mol. The van der Waals surface area contributed by atoms with E-state index in [1.165, 1.54) is 12.1 Å². The third-order valence-corrected chi connectivity index (χ3v) is 6.83. The van der Waals surface area contributed by atoms with Gasteiger partial charge in [-0.05, 0) is 102 Å². The molecule has 0 aliphatic carbocycles. The van der Waals surface area contributed by atoms with Gasteiger partial charge in [0.15, 0.2) is 0 Å². The zero-order chi connectivity index (χ0) is 34.2. The van der Waals surface area contributed by atoms with Crippen LogP contribution in [0, 0.1) is 5.82 Å². The summed E-state index contributed by atoms with van der Waals surface area (Å²) in [5.74, 6) is -0.649. The number of hydrogen-bond donors (Lipinski definition) is 2. The summed E-state index contributed by atoms with van der Waals surface area (Å²) < 4.78 is 31.4. The molecule has 11 heteroatoms. The number of carbonyl (C=O) groups is 3. The fraction of sp³-hybridized carbons (Fsp3) is 0.429. The second kappa shape index (κ2) is 15.1. The summed E-state index contributed by atoms with van der Waals surface area (Å²) >= 11 is 0. The molecular weight excluding hydrogens is 591 g/mol. The molecule has 0 aromatic heterocycles. The minimum absolute atomic E-state index is 0.0155. The lowest BCUT2D eigenvalue weighted by atomic mass is 9.98. The van der Waals surface area contributed by atoms with Crippen molar-refractivity contribution in [3.63, 3.8) is 0 Å². The maximum Gasteiger partial charge on any atom is 0.437 e. The maximum absolute atomic E-state index is 15.3. The Balaban J connectivity index is 1.76. The maximum atomic E-state index is 15.3. The summed E-state index contributed by atoms with van der Waals surface area (Å²) in [6.45, 7) is 15.0. The van der Waals surface area contributed by atoms with E-state index in [9.17, 15) is 14.4 Å². The Morgan fingerprint density at radius 1 is 1.00 bits per heavy atom. The Kier molecular flexibility index (Phi) is 11.7. The molecule has 1 heterocycles. The van der Waals surface area contributed by atoms with Crippen molar-refractivity contribution in [1.82, 2.24) is 10.2 Å². The molecule has 3 amide bonds. The number of aliphatic imine (C=N–C) groups is 1. The Bertz CT molecular complexity index is 1550. The van der Waals surface area contributed by atoms with Gasteiger partial charge in [-0.15, -0.1) is 4.99 Å². The topological polar surface area (TPSA) is 119 Å². The van der Waals surface area contributed by atoms with Gasteiger partial charge in [0, 0.05) is 30.4 Å². The van der Waals surface area contributed by atoms with Gasteiger partial charge >= 0.3 is 12.2 Å². The number of anilines is 1. The molecule has 0 unspecified atom stereocenters. The van der Waals surface area contributed by atoms with Crippen LogP contribution in [0.15, 0.2) is 53.5 Å². The molecule has 46 heavy (non-hydrogen) atoms. The van der Waals surface area contributed by atoms with Crippen LogP contribution in [-0.2, 0) is 9.47 Å². The van der Waals surface area contributed by atoms with Crippen LogP contribution in [0.5, 0.6) is 5.75 Å². The number of guanidine groups is 1. The van der Waals surface area contributed by atoms with Crippen LogP contribution in [0.3, 0.4) is 0 Å². The number of carbonyl (C=O) groups excluding carboxylic acids is 3. The number of allylic oxidation sites excluding steroid dienone is 2. The minimum atomic E-state index is -0.859. The SMILES string of the molecule is C/C=C(\CC)c1ccc(NC(=O)c2ccc(C3=CCN(/C(=N\C(=O)OC(C)(C)C)NC(=O)OC(C)(C)C)CC3)cc2F)cc1OC. The van der Waals surface area contributed by atoms with Crippen molar-refractivity contribution in [1.29, 1.82) is 0 Å². The fourth-order valence-electron chi connectivity index (χ4n) is 4.75. The number of nitrogens with zero attached hydrogens (tertiary/aromatic N) is 2. The Labute approximate surface area is 270 Å². The summed E-state index contributed by atoms with van der Waals surface area (Å²) in [5.41, 5.74) is 2.36. The number of alkyl carbamates (subject to hydrolysis) is 1. The Hall–Kier alpha value is -4.67. The van der Waals surface area contributed by atoms with Crippen molar-refractivity contribution in [2.45, 2.75) is 79.4 Å². The van der Waals surface area contributed by atoms with E-state index < -0.39 is 35.1 Å². The fourth-order valence-corrected chi connectivity index (χ4v) is 4.75. The highest BCUT2D eigenvalue weighted by Gasteiger charge is 2.25. The van der Waals surface area contributed by atoms with Gasteiger partial charge in [-0.25, -0.2) is 14.0 Å². The molecule has 10 nitrogen and oxygen atoms in total. The van der Waals surface area contributed by atoms with Crippen molar-refractivity contribution in [3.8, 4) is 5.75 Å². The van der Waals surface area contributed by atoms with Crippen LogP contribution >= 0.6 is 0 Å². The van der Waals surface area contributed by atoms with Crippen LogP contribution in [0.25, 0.3) is 11.1 Å². The van der Waals surface area contributed by atoms with Gasteiger partial charge in [-0.2, -0.15) is 0 Å². The summed E-state index contributed by atoms with van der Waals surface area (Å²) in [6.07, 6.45) is 3.52. The molecular formula is C35H45FN4O6. The van der Waals surface area contributed by atoms with Crippen LogP contribution < -0.4 is 15.4 Å². The standard InChI is InChI=1S/C35H45FN4O6/c1-10-22(11-2)26-15-13-25(21-29(26)44-9)37-30(41)27-14-12-24(20-28(27)36)23-16-18-40(19-17-23)31(38-32(42)45-34(3,4)5)39-33(43)46-35(6,7)8/h10,12-16,20-21H,11,17-19H2,1-9H3,(H,37,41)(H,38,39,42,43)/b22-10+. The van der Waals surface area contributed by atoms with E-state index in [2.05, 4.69) is 22.5 Å². The molecule has 3 rings (SSSR count). The average molecular weight is 637 g/mol. The van der Waals surface area contributed by atoms with Crippen LogP contribution in [0.4, 0.5) is 19.7 Å². The first kappa shape index (κ1) is 35.8. The molecule has 0 fully saturated rings. The van der Waals surface area contributed by atoms with Gasteiger partial charge in [-0.1, -0.05) is 25.1 Å². The zero-order valence-corrected chi connectivity index (χ0v) is 28.2. The number of hydrogen-bond acceptors (Lipinski definition) is 6. The lowest BCUT2D eigenvalue weighted by molar-refractivity contribution is 0.0554. The molecule has 0 radical (unpaired) electrons. The van der Waals surface area contributed by atoms with Crippen molar-refractivity contribution in [2.75, 3.05) is 25.5 Å². The second-order valence-electron chi connectivity index (χ2n) is 12.7. The van der Waals surface area contributed by atoms with Crippen molar-refractivity contribution < 1.29 is 33.0 Å². The van der Waals surface area contributed by atoms with Gasteiger partial charge in [0.1, 0.15) is 22.8 Å². The molecule has 0 saturated carbocycles. The number of amides is 3. The molecule has 2 aromatic rings. The second-order valence-corrected chi connectivity index (χ2v) is 12.7. The van der Waals surface area contributed by atoms with Crippen LogP contribution in [0.2, 0.25) is 0 Å². The average Bonchev–Trinajstić information content (AvgIpc) is 2.96. The molecule has 0 saturated heterocycles. The number of ether oxygens (including phenoxy) is 3. The lowest BCUT2D eigenvalue weighted by Crippen LogP contribution is -2.48. The predicted octanol–water partition coefficient (Wildman–Crippen LogP) is 7.80. The summed E-state index contributed by atoms with van der Waals surface area (Å²) in [6, 6.07) is 9.82. The van der Waals surface area contributed by atoms with E-state index in [1.54, 1.807) is 71.8 Å². The molecule has 2 N–H and O–H groups in total. The molecule has 2 aromatic carbocycles. The smallest absolute Gasteiger partial charge is 0.437 e. The summed E-state index contributed by atoms with van der Waals surface area (Å²) in [4.78, 5) is 43.7. The quantitative estimate of drug-likeness (QED) is 0.245. The molecule has 248 valence electrons. The van der Waals surface area contributed by atoms with E-state index in [0.29, 0.717) is 30.0 Å². The highest BCUT2D eigenvalue weighted by molar-refractivity contribution is 6.05. The summed E-state index contributed by atoms with van der Waals surface area (Å²) in [7, 11) is 1.57. The first-order valence-electron chi connectivity index (χ1n) is 15.2. The number of rotatable bonds is 6. The van der Waals surface area contributed by atoms with Crippen LogP contribution in [-0.4, -0.2) is 60.4 Å². The van der Waals surface area contributed by atoms with Gasteiger partial charge in [0.2, 0.25) is 5.96 Å². The molecule has 0 bridgehead atoms. The lowest BCUT2D eigenvalue weighted by Gasteiger charge is -2.30. The third kappa shape index (κ3) is 10.2. The van der Waals surface area contributed by atoms with E-state index in [4.69, 9.17) is 14.2 Å². The van der Waals surface area contributed by atoms with Crippen LogP contribution in [0.1, 0.15) is 89.7 Å². The Morgan fingerprint density at radius 3 is 2.22 bits per heavy atom. The van der Waals surface area contributed by atoms with Gasteiger partial charge < -0.3 is 24.4 Å². The van der Waals surface area contributed by atoms with E-state index in [0.717, 1.165) is 23.1 Å². The van der Waals surface area contributed by atoms with E-state index >= 15 is 4.39 Å². The van der Waals surface area contributed by atoms with E-state index in [-0.39, 0.29) is 18.1 Å². The monoisotopic (exact) mass is 636 g/mol. The first-order valence-corrected chi connectivity index (χ1v) is 15.2. The Morgan fingerprint density at radius 2 is 1.67 bits per heavy atom. The third-order valence-electron chi connectivity index (χ3n) is 6.83. The number of benzene rings is 2. The number of halogens is 1. The highest BCUT2D eigenvalue weighted by Crippen LogP contribution is 2.31. The largest absolute Gasteiger partial charge is 0.496 e. The van der Waals surface area contributed by atoms with Gasteiger partial charge in [-0.3, -0.25) is 10.1 Å². The normalized spacial score (nSPS) is 14.3. The van der Waals surface area contributed by atoms with Gasteiger partial charge in [0.25, 0.3) is 5.91 Å². The van der Waals surface area contributed by atoms with Crippen molar-refractivity contribution in [2.24, 2.45) is 4.99 Å². The molecule has 1 aliphatic heterocycles. The van der Waals surface area contributed by atoms with Crippen molar-refractivity contribution >= 4 is 40.9 Å². The first-order chi connectivity index (χ1) is 21.5. The number of nitrogens with one attached hydrogen (secondary N) is 2. The number of methoxy groups -OCH3 is 1. The zero-order valence-electron chi connectivity index (χ0n) is 28.2.